The van der Waals surface area contributed by atoms with Crippen molar-refractivity contribution >= 4 is 17.6 Å². The molecule has 2 N–H and O–H groups in total. The van der Waals surface area contributed by atoms with Gasteiger partial charge < -0.3 is 20.3 Å². The summed E-state index contributed by atoms with van der Waals surface area (Å²) in [6.45, 7) is 4.12. The Labute approximate surface area is 154 Å². The van der Waals surface area contributed by atoms with E-state index in [1.807, 2.05) is 18.2 Å². The zero-order valence-electron chi connectivity index (χ0n) is 14.5. The molecule has 0 radical (unpaired) electrons. The predicted molar refractivity (Wildman–Crippen MR) is 97.8 cm³/mol. The van der Waals surface area contributed by atoms with Crippen LogP contribution in [0.1, 0.15) is 31.2 Å². The van der Waals surface area contributed by atoms with Gasteiger partial charge in [-0.25, -0.2) is 4.79 Å². The number of hydrogen-bond acceptors (Lipinski definition) is 3. The molecule has 0 aliphatic carbocycles. The summed E-state index contributed by atoms with van der Waals surface area (Å²) in [6, 6.07) is 8.43. The number of benzene rings is 1. The Balaban J connectivity index is 1.79. The average molecular weight is 364 g/mol. The summed E-state index contributed by atoms with van der Waals surface area (Å²) in [5, 5.41) is 7.30. The van der Waals surface area contributed by atoms with Crippen LogP contribution in [0, 0.1) is 5.92 Å². The molecule has 3 saturated heterocycles. The maximum absolute atomic E-state index is 12.9. The molecule has 25 heavy (non-hydrogen) atoms. The summed E-state index contributed by atoms with van der Waals surface area (Å²) in [4.78, 5) is 15.1. The molecular formula is C19H26ClN3O2. The van der Waals surface area contributed by atoms with Crippen LogP contribution in [0.3, 0.4) is 0 Å². The highest BCUT2D eigenvalue weighted by Gasteiger charge is 2.54. The molecule has 1 aromatic carbocycles. The van der Waals surface area contributed by atoms with Gasteiger partial charge in [-0.05, 0) is 62.4 Å². The number of hydrogen-bond donors (Lipinski definition) is 2. The van der Waals surface area contributed by atoms with E-state index in [1.165, 1.54) is 0 Å². The van der Waals surface area contributed by atoms with Crippen LogP contribution in [-0.2, 0) is 10.3 Å². The van der Waals surface area contributed by atoms with E-state index < -0.39 is 0 Å². The second-order valence-corrected chi connectivity index (χ2v) is 7.77. The van der Waals surface area contributed by atoms with Crippen molar-refractivity contribution in [1.82, 2.24) is 15.5 Å². The van der Waals surface area contributed by atoms with E-state index >= 15 is 0 Å². The number of rotatable bonds is 3. The number of urea groups is 1. The van der Waals surface area contributed by atoms with Crippen molar-refractivity contribution in [2.75, 3.05) is 32.8 Å². The largest absolute Gasteiger partial charge is 0.381 e. The van der Waals surface area contributed by atoms with E-state index in [-0.39, 0.29) is 17.6 Å². The van der Waals surface area contributed by atoms with Crippen LogP contribution in [0.4, 0.5) is 4.79 Å². The van der Waals surface area contributed by atoms with E-state index in [2.05, 4.69) is 21.6 Å². The van der Waals surface area contributed by atoms with Crippen molar-refractivity contribution < 1.29 is 9.53 Å². The van der Waals surface area contributed by atoms with Gasteiger partial charge >= 0.3 is 6.03 Å². The quantitative estimate of drug-likeness (QED) is 0.868. The van der Waals surface area contributed by atoms with E-state index in [0.717, 1.165) is 62.6 Å². The minimum absolute atomic E-state index is 0.0679. The summed E-state index contributed by atoms with van der Waals surface area (Å²) in [7, 11) is 0. The van der Waals surface area contributed by atoms with Crippen LogP contribution < -0.4 is 10.6 Å². The van der Waals surface area contributed by atoms with Gasteiger partial charge in [0.05, 0.1) is 5.54 Å². The van der Waals surface area contributed by atoms with Gasteiger partial charge in [0.25, 0.3) is 0 Å². The number of nitrogens with one attached hydrogen (secondary N) is 2. The van der Waals surface area contributed by atoms with Crippen molar-refractivity contribution in [3.8, 4) is 0 Å². The van der Waals surface area contributed by atoms with Crippen molar-refractivity contribution in [2.45, 2.75) is 37.3 Å². The third-order valence-corrected chi connectivity index (χ3v) is 6.29. The van der Waals surface area contributed by atoms with E-state index in [4.69, 9.17) is 16.3 Å². The van der Waals surface area contributed by atoms with Gasteiger partial charge in [-0.15, -0.1) is 0 Å². The Morgan fingerprint density at radius 2 is 1.92 bits per heavy atom. The molecule has 0 saturated carbocycles. The van der Waals surface area contributed by atoms with Crippen LogP contribution in [0.5, 0.6) is 0 Å². The molecule has 5 nitrogen and oxygen atoms in total. The minimum Gasteiger partial charge on any atom is -0.381 e. The van der Waals surface area contributed by atoms with Crippen molar-refractivity contribution in [1.29, 1.82) is 0 Å². The molecule has 3 heterocycles. The first-order valence-electron chi connectivity index (χ1n) is 9.33. The number of carbonyl (C=O) groups is 1. The highest BCUT2D eigenvalue weighted by atomic mass is 35.5. The zero-order chi connectivity index (χ0) is 17.3. The molecule has 3 fully saturated rings. The van der Waals surface area contributed by atoms with Gasteiger partial charge in [0.2, 0.25) is 0 Å². The first-order valence-corrected chi connectivity index (χ1v) is 9.71. The van der Waals surface area contributed by atoms with Crippen molar-refractivity contribution in [3.05, 3.63) is 34.9 Å². The monoisotopic (exact) mass is 363 g/mol. The molecule has 136 valence electrons. The van der Waals surface area contributed by atoms with Crippen LogP contribution in [0.25, 0.3) is 0 Å². The Morgan fingerprint density at radius 1 is 1.16 bits per heavy atom. The third kappa shape index (κ3) is 3.03. The maximum Gasteiger partial charge on any atom is 0.318 e. The molecular weight excluding hydrogens is 338 g/mol. The van der Waals surface area contributed by atoms with Crippen molar-refractivity contribution in [3.63, 3.8) is 0 Å². The summed E-state index contributed by atoms with van der Waals surface area (Å²) >= 11 is 6.34. The Kier molecular flexibility index (Phi) is 4.89. The average Bonchev–Trinajstić information content (AvgIpc) is 3.01. The molecule has 4 rings (SSSR count). The van der Waals surface area contributed by atoms with Gasteiger partial charge in [0.15, 0.2) is 0 Å². The molecule has 0 aromatic heterocycles. The summed E-state index contributed by atoms with van der Waals surface area (Å²) < 4.78 is 5.61. The van der Waals surface area contributed by atoms with E-state index in [0.29, 0.717) is 12.5 Å². The smallest absolute Gasteiger partial charge is 0.318 e. The molecule has 2 amide bonds. The van der Waals surface area contributed by atoms with Gasteiger partial charge in [-0.2, -0.15) is 0 Å². The molecule has 1 atom stereocenters. The molecule has 0 spiro atoms. The fourth-order valence-electron chi connectivity index (χ4n) is 4.87. The molecule has 1 aromatic rings. The van der Waals surface area contributed by atoms with Gasteiger partial charge in [-0.3, -0.25) is 0 Å². The lowest BCUT2D eigenvalue weighted by Crippen LogP contribution is -2.57. The predicted octanol–water partition coefficient (Wildman–Crippen LogP) is 2.74. The summed E-state index contributed by atoms with van der Waals surface area (Å²) in [5.74, 6) is 0.383. The summed E-state index contributed by atoms with van der Waals surface area (Å²) in [6.07, 6.45) is 3.95. The lowest BCUT2D eigenvalue weighted by atomic mass is 9.72. The fraction of sp³-hybridized carbons (Fsp3) is 0.632. The lowest BCUT2D eigenvalue weighted by Gasteiger charge is -2.49. The van der Waals surface area contributed by atoms with E-state index in [1.54, 1.807) is 0 Å². The Morgan fingerprint density at radius 3 is 2.64 bits per heavy atom. The number of halogens is 1. The standard InChI is InChI=1S/C19H26ClN3O2/c20-16-3-1-2-15(12-16)19(14-6-10-25-11-7-14)13-22-18(24)23(19)17-4-8-21-9-5-17/h1-3,12,14,17,21H,4-11,13H2,(H,22,24). The number of piperidine rings is 1. The fourth-order valence-corrected chi connectivity index (χ4v) is 5.06. The van der Waals surface area contributed by atoms with Gasteiger partial charge in [-0.1, -0.05) is 23.7 Å². The second kappa shape index (κ2) is 7.14. The molecule has 0 bridgehead atoms. The SMILES string of the molecule is O=C1NCC(c2cccc(Cl)c2)(C2CCOCC2)N1C1CCNCC1. The van der Waals surface area contributed by atoms with Crippen LogP contribution >= 0.6 is 11.6 Å². The number of nitrogens with zero attached hydrogens (tertiary/aromatic N) is 1. The highest BCUT2D eigenvalue weighted by molar-refractivity contribution is 6.30. The topological polar surface area (TPSA) is 53.6 Å². The van der Waals surface area contributed by atoms with Gasteiger partial charge in [0.1, 0.15) is 0 Å². The Hall–Kier alpha value is -1.30. The highest BCUT2D eigenvalue weighted by Crippen LogP contribution is 2.46. The Bertz CT molecular complexity index is 629. The van der Waals surface area contributed by atoms with Gasteiger partial charge in [0, 0.05) is 30.8 Å². The molecule has 3 aliphatic heterocycles. The third-order valence-electron chi connectivity index (χ3n) is 6.05. The number of amides is 2. The lowest BCUT2D eigenvalue weighted by molar-refractivity contribution is -0.0152. The van der Waals surface area contributed by atoms with Crippen molar-refractivity contribution in [2.24, 2.45) is 5.92 Å². The zero-order valence-corrected chi connectivity index (χ0v) is 15.2. The molecule has 1 unspecified atom stereocenters. The normalized spacial score (nSPS) is 29.0. The minimum atomic E-state index is -0.326. The van der Waals surface area contributed by atoms with Crippen LogP contribution in [0.2, 0.25) is 5.02 Å². The maximum atomic E-state index is 12.9. The number of ether oxygens (including phenoxy) is 1. The molecule has 3 aliphatic rings. The first-order chi connectivity index (χ1) is 12.2. The van der Waals surface area contributed by atoms with Crippen LogP contribution in [0.15, 0.2) is 24.3 Å². The van der Waals surface area contributed by atoms with E-state index in [9.17, 15) is 4.79 Å². The number of carbonyl (C=O) groups excluding carboxylic acids is 1. The molecule has 6 heteroatoms. The van der Waals surface area contributed by atoms with Crippen LogP contribution in [-0.4, -0.2) is 49.8 Å². The summed E-state index contributed by atoms with van der Waals surface area (Å²) in [5.41, 5.74) is 0.831. The second-order valence-electron chi connectivity index (χ2n) is 7.33. The first kappa shape index (κ1) is 17.1.